The molecule has 1 aromatic heterocycles. The fourth-order valence-corrected chi connectivity index (χ4v) is 1.74. The van der Waals surface area contributed by atoms with Gasteiger partial charge < -0.3 is 15.8 Å². The zero-order valence-corrected chi connectivity index (χ0v) is 8.86. The maximum atomic E-state index is 5.72. The summed E-state index contributed by atoms with van der Waals surface area (Å²) < 4.78 is 5.66. The highest BCUT2D eigenvalue weighted by molar-refractivity contribution is 5.59. The Morgan fingerprint density at radius 2 is 2.53 bits per heavy atom. The summed E-state index contributed by atoms with van der Waals surface area (Å²) in [6.07, 6.45) is 5.27. The third-order valence-electron chi connectivity index (χ3n) is 2.67. The molecule has 5 heteroatoms. The Hall–Kier alpha value is -1.36. The van der Waals surface area contributed by atoms with Gasteiger partial charge in [0, 0.05) is 13.2 Å². The number of rotatable bonds is 3. The van der Waals surface area contributed by atoms with Crippen LogP contribution in [-0.2, 0) is 4.74 Å². The molecule has 3 N–H and O–H groups in total. The lowest BCUT2D eigenvalue weighted by Gasteiger charge is -2.23. The molecule has 2 heterocycles. The van der Waals surface area contributed by atoms with Crippen LogP contribution in [0.1, 0.15) is 19.8 Å². The van der Waals surface area contributed by atoms with Crippen molar-refractivity contribution in [2.75, 3.05) is 24.2 Å². The summed E-state index contributed by atoms with van der Waals surface area (Å²) in [5.74, 6) is 0.682. The fraction of sp³-hybridized carbons (Fsp3) is 0.600. The van der Waals surface area contributed by atoms with Crippen LogP contribution in [0.25, 0.3) is 0 Å². The molecule has 1 saturated heterocycles. The largest absolute Gasteiger partial charge is 0.394 e. The molecule has 1 atom stereocenters. The highest BCUT2D eigenvalue weighted by atomic mass is 16.5. The fourth-order valence-electron chi connectivity index (χ4n) is 1.74. The summed E-state index contributed by atoms with van der Waals surface area (Å²) in [4.78, 5) is 7.90. The Balaban J connectivity index is 1.95. The van der Waals surface area contributed by atoms with Gasteiger partial charge in [-0.3, -0.25) is 0 Å². The Morgan fingerprint density at radius 3 is 3.20 bits per heavy atom. The van der Waals surface area contributed by atoms with Crippen molar-refractivity contribution in [2.45, 2.75) is 25.4 Å². The molecule has 1 aliphatic heterocycles. The number of aromatic nitrogens is 2. The number of hydrogen-bond acceptors (Lipinski definition) is 5. The second-order valence-corrected chi connectivity index (χ2v) is 4.08. The Bertz CT molecular complexity index is 336. The van der Waals surface area contributed by atoms with Gasteiger partial charge in [0.25, 0.3) is 0 Å². The van der Waals surface area contributed by atoms with Gasteiger partial charge >= 0.3 is 0 Å². The van der Waals surface area contributed by atoms with E-state index in [4.69, 9.17) is 10.5 Å². The predicted molar refractivity (Wildman–Crippen MR) is 58.5 cm³/mol. The first-order valence-corrected chi connectivity index (χ1v) is 5.13. The second-order valence-electron chi connectivity index (χ2n) is 4.08. The van der Waals surface area contributed by atoms with E-state index in [1.165, 1.54) is 6.33 Å². The van der Waals surface area contributed by atoms with E-state index in [2.05, 4.69) is 22.2 Å². The summed E-state index contributed by atoms with van der Waals surface area (Å²) in [6, 6.07) is 0. The van der Waals surface area contributed by atoms with Gasteiger partial charge in [-0.25, -0.2) is 9.97 Å². The van der Waals surface area contributed by atoms with Crippen LogP contribution in [0.2, 0.25) is 0 Å². The molecular formula is C10H16N4O. The predicted octanol–water partition coefficient (Wildman–Crippen LogP) is 1.04. The quantitative estimate of drug-likeness (QED) is 0.776. The van der Waals surface area contributed by atoms with Crippen LogP contribution >= 0.6 is 0 Å². The van der Waals surface area contributed by atoms with Crippen molar-refractivity contribution in [1.82, 2.24) is 9.97 Å². The molecular weight excluding hydrogens is 192 g/mol. The first-order valence-electron chi connectivity index (χ1n) is 5.13. The first kappa shape index (κ1) is 10.2. The number of hydrogen-bond donors (Lipinski definition) is 2. The molecule has 1 aliphatic rings. The molecule has 0 spiro atoms. The normalized spacial score (nSPS) is 25.4. The lowest BCUT2D eigenvalue weighted by molar-refractivity contribution is 0.0315. The van der Waals surface area contributed by atoms with Gasteiger partial charge in [0.15, 0.2) is 5.82 Å². The van der Waals surface area contributed by atoms with Gasteiger partial charge in [0.2, 0.25) is 0 Å². The van der Waals surface area contributed by atoms with Crippen LogP contribution in [0.5, 0.6) is 0 Å². The zero-order chi connectivity index (χ0) is 10.7. The number of nitrogens with two attached hydrogens (primary N) is 1. The standard InChI is InChI=1S/C10H16N4O/c1-10(3-2-4-15-10)6-13-9-8(11)5-12-7-14-9/h5,7H,2-4,6,11H2,1H3,(H,12,13,14). The number of nitrogens with one attached hydrogen (secondary N) is 1. The maximum absolute atomic E-state index is 5.72. The van der Waals surface area contributed by atoms with E-state index in [0.717, 1.165) is 26.0 Å². The van der Waals surface area contributed by atoms with Crippen molar-refractivity contribution < 1.29 is 4.74 Å². The van der Waals surface area contributed by atoms with Gasteiger partial charge in [-0.05, 0) is 19.8 Å². The number of nitrogens with zero attached hydrogens (tertiary/aromatic N) is 2. The Kier molecular flexibility index (Phi) is 2.73. The number of ether oxygens (including phenoxy) is 1. The summed E-state index contributed by atoms with van der Waals surface area (Å²) in [5, 5.41) is 3.19. The molecule has 0 radical (unpaired) electrons. The van der Waals surface area contributed by atoms with Gasteiger partial charge in [0.1, 0.15) is 6.33 Å². The van der Waals surface area contributed by atoms with Gasteiger partial charge in [0.05, 0.1) is 17.5 Å². The van der Waals surface area contributed by atoms with Crippen molar-refractivity contribution in [2.24, 2.45) is 0 Å². The molecule has 1 fully saturated rings. The van der Waals surface area contributed by atoms with E-state index in [1.807, 2.05) is 0 Å². The van der Waals surface area contributed by atoms with E-state index in [0.29, 0.717) is 11.5 Å². The second kappa shape index (κ2) is 4.02. The molecule has 2 rings (SSSR count). The van der Waals surface area contributed by atoms with Crippen LogP contribution in [0.4, 0.5) is 11.5 Å². The van der Waals surface area contributed by atoms with Crippen molar-refractivity contribution in [1.29, 1.82) is 0 Å². The number of nitrogen functional groups attached to an aromatic ring is 1. The molecule has 1 unspecified atom stereocenters. The maximum Gasteiger partial charge on any atom is 0.152 e. The molecule has 82 valence electrons. The van der Waals surface area contributed by atoms with E-state index in [1.54, 1.807) is 6.20 Å². The highest BCUT2D eigenvalue weighted by Crippen LogP contribution is 2.25. The molecule has 0 amide bonds. The van der Waals surface area contributed by atoms with Crippen molar-refractivity contribution >= 4 is 11.5 Å². The van der Waals surface area contributed by atoms with E-state index in [9.17, 15) is 0 Å². The molecule has 0 saturated carbocycles. The lowest BCUT2D eigenvalue weighted by Crippen LogP contribution is -2.32. The minimum atomic E-state index is -0.0859. The summed E-state index contributed by atoms with van der Waals surface area (Å²) in [6.45, 7) is 3.68. The molecule has 5 nitrogen and oxygen atoms in total. The average molecular weight is 208 g/mol. The van der Waals surface area contributed by atoms with E-state index < -0.39 is 0 Å². The van der Waals surface area contributed by atoms with Crippen LogP contribution in [0, 0.1) is 0 Å². The third-order valence-corrected chi connectivity index (χ3v) is 2.67. The SMILES string of the molecule is CC1(CNc2ncncc2N)CCCO1. The minimum Gasteiger partial charge on any atom is -0.394 e. The summed E-state index contributed by atoms with van der Waals surface area (Å²) in [5.41, 5.74) is 6.20. The summed E-state index contributed by atoms with van der Waals surface area (Å²) in [7, 11) is 0. The van der Waals surface area contributed by atoms with E-state index >= 15 is 0 Å². The highest BCUT2D eigenvalue weighted by Gasteiger charge is 2.29. The van der Waals surface area contributed by atoms with Crippen LogP contribution in [0.15, 0.2) is 12.5 Å². The third kappa shape index (κ3) is 2.36. The van der Waals surface area contributed by atoms with Crippen LogP contribution in [-0.4, -0.2) is 28.7 Å². The van der Waals surface area contributed by atoms with Crippen molar-refractivity contribution in [3.8, 4) is 0 Å². The first-order chi connectivity index (χ1) is 7.20. The summed E-state index contributed by atoms with van der Waals surface area (Å²) >= 11 is 0. The van der Waals surface area contributed by atoms with Gasteiger partial charge in [-0.1, -0.05) is 0 Å². The average Bonchev–Trinajstić information content (AvgIpc) is 2.65. The van der Waals surface area contributed by atoms with Crippen molar-refractivity contribution in [3.63, 3.8) is 0 Å². The Labute approximate surface area is 89.1 Å². The van der Waals surface area contributed by atoms with E-state index in [-0.39, 0.29) is 5.60 Å². The van der Waals surface area contributed by atoms with Crippen molar-refractivity contribution in [3.05, 3.63) is 12.5 Å². The zero-order valence-electron chi connectivity index (χ0n) is 8.86. The molecule has 0 bridgehead atoms. The van der Waals surface area contributed by atoms with Crippen LogP contribution in [0.3, 0.4) is 0 Å². The smallest absolute Gasteiger partial charge is 0.152 e. The molecule has 1 aromatic rings. The topological polar surface area (TPSA) is 73.1 Å². The molecule has 0 aromatic carbocycles. The molecule has 15 heavy (non-hydrogen) atoms. The lowest BCUT2D eigenvalue weighted by atomic mass is 10.0. The van der Waals surface area contributed by atoms with Gasteiger partial charge in [-0.15, -0.1) is 0 Å². The monoisotopic (exact) mass is 208 g/mol. The van der Waals surface area contributed by atoms with Crippen LogP contribution < -0.4 is 11.1 Å². The molecule has 0 aliphatic carbocycles. The minimum absolute atomic E-state index is 0.0859. The van der Waals surface area contributed by atoms with Gasteiger partial charge in [-0.2, -0.15) is 0 Å². The Morgan fingerprint density at radius 1 is 1.67 bits per heavy atom. The number of anilines is 2.